The summed E-state index contributed by atoms with van der Waals surface area (Å²) in [4.78, 5) is 17.5. The van der Waals surface area contributed by atoms with Gasteiger partial charge in [0.05, 0.1) is 11.4 Å². The number of ether oxygens (including phenoxy) is 1. The monoisotopic (exact) mass is 393 g/mol. The van der Waals surface area contributed by atoms with E-state index in [4.69, 9.17) is 22.1 Å². The second-order valence-electron chi connectivity index (χ2n) is 8.27. The summed E-state index contributed by atoms with van der Waals surface area (Å²) in [6.07, 6.45) is 0.948. The molecule has 142 valence electrons. The molecule has 0 fully saturated rings. The Morgan fingerprint density at radius 1 is 1.32 bits per heavy atom. The van der Waals surface area contributed by atoms with E-state index in [2.05, 4.69) is 11.1 Å². The van der Waals surface area contributed by atoms with Gasteiger partial charge in [-0.3, -0.25) is 4.79 Å². The number of aryl methyl sites for hydroxylation is 1. The van der Waals surface area contributed by atoms with Crippen LogP contribution in [0.15, 0.2) is 47.1 Å². The number of nitrogens with zero attached hydrogens (tertiary/aromatic N) is 2. The maximum absolute atomic E-state index is 13.1. The summed E-state index contributed by atoms with van der Waals surface area (Å²) < 4.78 is 5.73. The van der Waals surface area contributed by atoms with Gasteiger partial charge >= 0.3 is 0 Å². The van der Waals surface area contributed by atoms with Gasteiger partial charge in [0.2, 0.25) is 5.88 Å². The van der Waals surface area contributed by atoms with Gasteiger partial charge in [-0.15, -0.1) is 0 Å². The van der Waals surface area contributed by atoms with Crippen LogP contribution in [0.25, 0.3) is 10.9 Å². The number of pyridine rings is 1. The van der Waals surface area contributed by atoms with Gasteiger partial charge in [0, 0.05) is 29.4 Å². The maximum atomic E-state index is 13.1. The van der Waals surface area contributed by atoms with Crippen LogP contribution >= 0.6 is 11.6 Å². The van der Waals surface area contributed by atoms with E-state index >= 15 is 0 Å². The quantitative estimate of drug-likeness (QED) is 0.712. The summed E-state index contributed by atoms with van der Waals surface area (Å²) in [5.74, 6) is -0.153. The average molecular weight is 394 g/mol. The number of Topliss-reactive ketones (excluding diaryl/α,β-unsaturated/α-hetero) is 1. The first-order chi connectivity index (χ1) is 13.2. The van der Waals surface area contributed by atoms with Gasteiger partial charge in [-0.2, -0.15) is 5.26 Å². The number of ketones is 1. The molecule has 4 rings (SSSR count). The lowest BCUT2D eigenvalue weighted by molar-refractivity contribution is -0.119. The molecule has 0 unspecified atom stereocenters. The van der Waals surface area contributed by atoms with E-state index in [1.54, 1.807) is 0 Å². The van der Waals surface area contributed by atoms with Crippen LogP contribution in [0.2, 0.25) is 5.15 Å². The lowest BCUT2D eigenvalue weighted by Crippen LogP contribution is -2.33. The van der Waals surface area contributed by atoms with E-state index < -0.39 is 5.92 Å². The fraction of sp³-hybridized carbons (Fsp3) is 0.318. The third kappa shape index (κ3) is 2.94. The van der Waals surface area contributed by atoms with E-state index in [-0.39, 0.29) is 27.8 Å². The van der Waals surface area contributed by atoms with Gasteiger partial charge in [-0.05, 0) is 30.5 Å². The number of allylic oxidation sites excluding steroid dienone is 3. The lowest BCUT2D eigenvalue weighted by atomic mass is 9.70. The normalized spacial score (nSPS) is 21.4. The van der Waals surface area contributed by atoms with Crippen molar-refractivity contribution in [2.75, 3.05) is 0 Å². The molecule has 5 nitrogen and oxygen atoms in total. The highest BCUT2D eigenvalue weighted by molar-refractivity contribution is 6.31. The molecule has 0 bridgehead atoms. The van der Waals surface area contributed by atoms with Gasteiger partial charge in [0.15, 0.2) is 5.78 Å². The average Bonchev–Trinajstić information content (AvgIpc) is 2.59. The largest absolute Gasteiger partial charge is 0.444 e. The summed E-state index contributed by atoms with van der Waals surface area (Å²) in [5, 5.41) is 10.9. The van der Waals surface area contributed by atoms with Crippen LogP contribution in [0.4, 0.5) is 0 Å². The van der Waals surface area contributed by atoms with Crippen LogP contribution < -0.4 is 5.73 Å². The Balaban J connectivity index is 1.97. The molecule has 0 radical (unpaired) electrons. The van der Waals surface area contributed by atoms with Crippen molar-refractivity contribution in [2.24, 2.45) is 11.1 Å². The molecule has 0 saturated heterocycles. The zero-order chi connectivity index (χ0) is 20.2. The molecule has 0 amide bonds. The molecule has 2 aromatic rings. The molecule has 0 saturated carbocycles. The Kier molecular flexibility index (Phi) is 4.20. The zero-order valence-corrected chi connectivity index (χ0v) is 16.7. The second kappa shape index (κ2) is 6.35. The molecule has 1 aliphatic carbocycles. The summed E-state index contributed by atoms with van der Waals surface area (Å²) in [5.41, 5.74) is 8.95. The SMILES string of the molecule is Cc1ccc2nc(Cl)c([C@H]3C(C#N)=C(N)OC4=C3C(=O)CC(C)(C)C4)cc2c1. The first-order valence-corrected chi connectivity index (χ1v) is 9.48. The molecular weight excluding hydrogens is 374 g/mol. The summed E-state index contributed by atoms with van der Waals surface area (Å²) in [6.45, 7) is 6.02. The molecule has 28 heavy (non-hydrogen) atoms. The molecule has 1 atom stereocenters. The smallest absolute Gasteiger partial charge is 0.205 e. The van der Waals surface area contributed by atoms with Crippen molar-refractivity contribution >= 4 is 28.3 Å². The van der Waals surface area contributed by atoms with Crippen LogP contribution in [0, 0.1) is 23.7 Å². The van der Waals surface area contributed by atoms with Gasteiger partial charge in [0.25, 0.3) is 0 Å². The van der Waals surface area contributed by atoms with E-state index in [0.717, 1.165) is 16.5 Å². The number of hydrogen-bond donors (Lipinski definition) is 1. The predicted molar refractivity (Wildman–Crippen MR) is 107 cm³/mol. The molecule has 0 spiro atoms. The Hall–Kier alpha value is -2.84. The topological polar surface area (TPSA) is 89.0 Å². The molecule has 2 heterocycles. The van der Waals surface area contributed by atoms with E-state index in [9.17, 15) is 10.1 Å². The molecule has 2 N–H and O–H groups in total. The van der Waals surface area contributed by atoms with Gasteiger partial charge in [-0.25, -0.2) is 4.98 Å². The Morgan fingerprint density at radius 3 is 2.79 bits per heavy atom. The summed E-state index contributed by atoms with van der Waals surface area (Å²) in [6, 6.07) is 9.89. The number of carbonyl (C=O) groups is 1. The number of nitriles is 1. The number of carbonyl (C=O) groups excluding carboxylic acids is 1. The van der Waals surface area contributed by atoms with Crippen LogP contribution in [-0.2, 0) is 9.53 Å². The van der Waals surface area contributed by atoms with E-state index in [0.29, 0.717) is 29.7 Å². The first kappa shape index (κ1) is 18.5. The number of aromatic nitrogens is 1. The van der Waals surface area contributed by atoms with Crippen molar-refractivity contribution in [1.82, 2.24) is 4.98 Å². The number of halogens is 1. The third-order valence-electron chi connectivity index (χ3n) is 5.34. The molecule has 1 aromatic carbocycles. The van der Waals surface area contributed by atoms with Crippen molar-refractivity contribution in [2.45, 2.75) is 39.5 Å². The fourth-order valence-corrected chi connectivity index (χ4v) is 4.34. The molecule has 1 aliphatic heterocycles. The Bertz CT molecular complexity index is 1140. The number of nitrogens with two attached hydrogens (primary N) is 1. The van der Waals surface area contributed by atoms with Gasteiger partial charge in [0.1, 0.15) is 22.6 Å². The highest BCUT2D eigenvalue weighted by Gasteiger charge is 2.43. The molecule has 2 aliphatic rings. The predicted octanol–water partition coefficient (Wildman–Crippen LogP) is 4.65. The van der Waals surface area contributed by atoms with Crippen LogP contribution in [-0.4, -0.2) is 10.8 Å². The van der Waals surface area contributed by atoms with Crippen molar-refractivity contribution < 1.29 is 9.53 Å². The van der Waals surface area contributed by atoms with E-state index in [1.807, 2.05) is 45.0 Å². The summed E-state index contributed by atoms with van der Waals surface area (Å²) >= 11 is 6.52. The molecular formula is C22H20ClN3O2. The third-order valence-corrected chi connectivity index (χ3v) is 5.64. The standard InChI is InChI=1S/C22H20ClN3O2/c1-11-4-5-15-12(6-11)7-13(20(23)26-15)18-14(10-24)21(25)28-17-9-22(2,3)8-16(27)19(17)18/h4-7,18H,8-9,25H2,1-3H3/t18-/m0/s1. The minimum Gasteiger partial charge on any atom is -0.444 e. The zero-order valence-electron chi connectivity index (χ0n) is 16.0. The maximum Gasteiger partial charge on any atom is 0.205 e. The van der Waals surface area contributed by atoms with Crippen molar-refractivity contribution in [3.05, 3.63) is 63.3 Å². The van der Waals surface area contributed by atoms with Crippen LogP contribution in [0.3, 0.4) is 0 Å². The Labute approximate surface area is 168 Å². The number of hydrogen-bond acceptors (Lipinski definition) is 5. The van der Waals surface area contributed by atoms with Crippen molar-refractivity contribution in [1.29, 1.82) is 5.26 Å². The highest BCUT2D eigenvalue weighted by atomic mass is 35.5. The molecule has 1 aromatic heterocycles. The van der Waals surface area contributed by atoms with Crippen molar-refractivity contribution in [3.8, 4) is 6.07 Å². The van der Waals surface area contributed by atoms with Crippen LogP contribution in [0.1, 0.15) is 43.7 Å². The minimum atomic E-state index is -0.665. The lowest BCUT2D eigenvalue weighted by Gasteiger charge is -2.37. The van der Waals surface area contributed by atoms with Gasteiger partial charge < -0.3 is 10.5 Å². The first-order valence-electron chi connectivity index (χ1n) is 9.11. The van der Waals surface area contributed by atoms with Crippen LogP contribution in [0.5, 0.6) is 0 Å². The fourth-order valence-electron chi connectivity index (χ4n) is 4.09. The number of rotatable bonds is 1. The molecule has 6 heteroatoms. The van der Waals surface area contributed by atoms with Gasteiger partial charge in [-0.1, -0.05) is 37.1 Å². The number of benzene rings is 1. The highest BCUT2D eigenvalue weighted by Crippen LogP contribution is 2.49. The summed E-state index contributed by atoms with van der Waals surface area (Å²) in [7, 11) is 0. The van der Waals surface area contributed by atoms with Crippen molar-refractivity contribution in [3.63, 3.8) is 0 Å². The minimum absolute atomic E-state index is 0.0251. The number of fused-ring (bicyclic) bond motifs is 1. The van der Waals surface area contributed by atoms with E-state index in [1.165, 1.54) is 0 Å². The second-order valence-corrected chi connectivity index (χ2v) is 8.63. The Morgan fingerprint density at radius 2 is 2.07 bits per heavy atom.